The maximum atomic E-state index is 12.1. The molecule has 1 aliphatic rings. The van der Waals surface area contributed by atoms with E-state index in [2.05, 4.69) is 44.7 Å². The Kier molecular flexibility index (Phi) is 12.9. The number of halogens is 1. The molecule has 2 heterocycles. The van der Waals surface area contributed by atoms with Gasteiger partial charge in [-0.2, -0.15) is 0 Å². The summed E-state index contributed by atoms with van der Waals surface area (Å²) in [6.45, 7) is 11.3. The van der Waals surface area contributed by atoms with Crippen molar-refractivity contribution in [3.8, 4) is 0 Å². The molecule has 0 saturated carbocycles. The van der Waals surface area contributed by atoms with Gasteiger partial charge in [0.1, 0.15) is 5.82 Å². The topological polar surface area (TPSA) is 90.9 Å². The van der Waals surface area contributed by atoms with Crippen molar-refractivity contribution in [2.45, 2.75) is 39.7 Å². The van der Waals surface area contributed by atoms with Gasteiger partial charge in [0.25, 0.3) is 0 Å². The molecule has 0 radical (unpaired) electrons. The number of anilines is 1. The highest BCUT2D eigenvalue weighted by molar-refractivity contribution is 14.0. The van der Waals surface area contributed by atoms with Crippen molar-refractivity contribution in [3.05, 3.63) is 23.9 Å². The van der Waals surface area contributed by atoms with Crippen molar-refractivity contribution in [2.24, 2.45) is 10.9 Å². The molecule has 3 N–H and O–H groups in total. The third kappa shape index (κ3) is 10.0. The maximum Gasteiger partial charge on any atom is 0.227 e. The van der Waals surface area contributed by atoms with Crippen LogP contribution in [0.3, 0.4) is 0 Å². The number of ether oxygens (including phenoxy) is 1. The van der Waals surface area contributed by atoms with Gasteiger partial charge in [-0.15, -0.1) is 24.0 Å². The lowest BCUT2D eigenvalue weighted by Crippen LogP contribution is -2.51. The summed E-state index contributed by atoms with van der Waals surface area (Å²) in [7, 11) is 1.75. The summed E-state index contributed by atoms with van der Waals surface area (Å²) in [6, 6.07) is 4.17. The lowest BCUT2D eigenvalue weighted by molar-refractivity contribution is -0.116. The second-order valence-corrected chi connectivity index (χ2v) is 7.83. The van der Waals surface area contributed by atoms with Crippen LogP contribution in [-0.2, 0) is 9.53 Å². The fraction of sp³-hybridized carbons (Fsp3) is 0.667. The first-order valence-corrected chi connectivity index (χ1v) is 10.5. The Bertz CT molecular complexity index is 647. The number of rotatable bonds is 9. The number of aromatic nitrogens is 1. The van der Waals surface area contributed by atoms with E-state index in [-0.39, 0.29) is 29.9 Å². The second-order valence-electron chi connectivity index (χ2n) is 7.83. The normalized spacial score (nSPS) is 16.0. The molecular weight excluding hydrogens is 495 g/mol. The van der Waals surface area contributed by atoms with Crippen LogP contribution in [0, 0.1) is 12.8 Å². The number of carbonyl (C=O) groups is 1. The Hall–Kier alpha value is -1.46. The average Bonchev–Trinajstić information content (AvgIpc) is 2.71. The number of hydrogen-bond donors (Lipinski definition) is 3. The summed E-state index contributed by atoms with van der Waals surface area (Å²) in [5, 5.41) is 9.44. The number of amides is 1. The first kappa shape index (κ1) is 26.6. The molecule has 30 heavy (non-hydrogen) atoms. The molecule has 0 bridgehead atoms. The molecule has 1 aromatic rings. The molecule has 9 heteroatoms. The van der Waals surface area contributed by atoms with Crippen LogP contribution in [0.1, 0.15) is 32.3 Å². The van der Waals surface area contributed by atoms with Crippen LogP contribution in [0.4, 0.5) is 5.82 Å². The van der Waals surface area contributed by atoms with Crippen molar-refractivity contribution in [1.82, 2.24) is 20.5 Å². The van der Waals surface area contributed by atoms with Crippen molar-refractivity contribution in [3.63, 3.8) is 0 Å². The van der Waals surface area contributed by atoms with E-state index in [4.69, 9.17) is 4.74 Å². The fourth-order valence-corrected chi connectivity index (χ4v) is 3.32. The summed E-state index contributed by atoms with van der Waals surface area (Å²) in [5.41, 5.74) is 1.06. The van der Waals surface area contributed by atoms with Crippen LogP contribution in [-0.4, -0.2) is 74.2 Å². The molecule has 0 aliphatic carbocycles. The Labute approximate surface area is 197 Å². The molecule has 0 spiro atoms. The molecule has 1 amide bonds. The Morgan fingerprint density at radius 2 is 2.00 bits per heavy atom. The van der Waals surface area contributed by atoms with Gasteiger partial charge in [0.15, 0.2) is 5.96 Å². The zero-order valence-electron chi connectivity index (χ0n) is 18.6. The number of nitrogens with one attached hydrogen (secondary N) is 3. The van der Waals surface area contributed by atoms with Gasteiger partial charge >= 0.3 is 0 Å². The van der Waals surface area contributed by atoms with Gasteiger partial charge in [0, 0.05) is 51.9 Å². The van der Waals surface area contributed by atoms with Crippen molar-refractivity contribution >= 4 is 41.7 Å². The number of pyridine rings is 1. The van der Waals surface area contributed by atoms with Gasteiger partial charge in [0.05, 0.1) is 13.2 Å². The zero-order valence-corrected chi connectivity index (χ0v) is 20.9. The molecule has 0 aromatic carbocycles. The monoisotopic (exact) mass is 532 g/mol. The number of nitrogens with zero attached hydrogens (tertiary/aromatic N) is 3. The van der Waals surface area contributed by atoms with E-state index in [1.165, 1.54) is 0 Å². The maximum absolute atomic E-state index is 12.1. The van der Waals surface area contributed by atoms with E-state index in [0.29, 0.717) is 36.7 Å². The minimum atomic E-state index is -0.0738. The molecule has 1 atom stereocenters. The van der Waals surface area contributed by atoms with E-state index < -0.39 is 0 Å². The molecule has 1 unspecified atom stereocenters. The van der Waals surface area contributed by atoms with E-state index in [1.54, 1.807) is 13.2 Å². The summed E-state index contributed by atoms with van der Waals surface area (Å²) in [5.74, 6) is 1.84. The van der Waals surface area contributed by atoms with E-state index in [1.807, 2.05) is 19.1 Å². The van der Waals surface area contributed by atoms with Gasteiger partial charge in [0.2, 0.25) is 5.91 Å². The summed E-state index contributed by atoms with van der Waals surface area (Å²) in [4.78, 5) is 23.1. The lowest BCUT2D eigenvalue weighted by Gasteiger charge is -2.35. The summed E-state index contributed by atoms with van der Waals surface area (Å²) in [6.07, 6.45) is 3.20. The Morgan fingerprint density at radius 3 is 2.60 bits per heavy atom. The van der Waals surface area contributed by atoms with Crippen LogP contribution in [0.25, 0.3) is 0 Å². The van der Waals surface area contributed by atoms with Crippen LogP contribution in [0.5, 0.6) is 0 Å². The van der Waals surface area contributed by atoms with E-state index >= 15 is 0 Å². The number of carbonyl (C=O) groups excluding carboxylic acids is 1. The highest BCUT2D eigenvalue weighted by Gasteiger charge is 2.22. The molecule has 1 aromatic heterocycles. The minimum Gasteiger partial charge on any atom is -0.379 e. The zero-order chi connectivity index (χ0) is 21.1. The first-order valence-electron chi connectivity index (χ1n) is 10.5. The quantitative estimate of drug-likeness (QED) is 0.257. The highest BCUT2D eigenvalue weighted by atomic mass is 127. The van der Waals surface area contributed by atoms with Crippen molar-refractivity contribution in [2.75, 3.05) is 51.8 Å². The number of morpholine rings is 1. The molecule has 8 nitrogen and oxygen atoms in total. The minimum absolute atomic E-state index is 0. The lowest BCUT2D eigenvalue weighted by atomic mass is 10.0. The Balaban J connectivity index is 0.00000450. The van der Waals surface area contributed by atoms with E-state index in [9.17, 15) is 4.79 Å². The summed E-state index contributed by atoms with van der Waals surface area (Å²) >= 11 is 0. The molecule has 170 valence electrons. The number of guanidine groups is 1. The first-order chi connectivity index (χ1) is 14.0. The fourth-order valence-electron chi connectivity index (χ4n) is 3.32. The second kappa shape index (κ2) is 14.5. The number of aliphatic imine (C=N–C) groups is 1. The van der Waals surface area contributed by atoms with Crippen LogP contribution < -0.4 is 16.0 Å². The summed E-state index contributed by atoms with van der Waals surface area (Å²) < 4.78 is 5.49. The number of hydrogen-bond acceptors (Lipinski definition) is 5. The van der Waals surface area contributed by atoms with Crippen LogP contribution in [0.2, 0.25) is 0 Å². The predicted octanol–water partition coefficient (Wildman–Crippen LogP) is 2.25. The molecular formula is C21H37IN6O2. The number of aryl methyl sites for hydroxylation is 1. The van der Waals surface area contributed by atoms with Gasteiger partial charge < -0.3 is 20.7 Å². The third-order valence-corrected chi connectivity index (χ3v) is 4.86. The van der Waals surface area contributed by atoms with Gasteiger partial charge in [-0.3, -0.25) is 14.7 Å². The van der Waals surface area contributed by atoms with Gasteiger partial charge in [-0.05, 0) is 30.9 Å². The Morgan fingerprint density at radius 1 is 1.27 bits per heavy atom. The largest absolute Gasteiger partial charge is 0.379 e. The smallest absolute Gasteiger partial charge is 0.227 e. The predicted molar refractivity (Wildman–Crippen MR) is 133 cm³/mol. The van der Waals surface area contributed by atoms with Crippen molar-refractivity contribution in [1.29, 1.82) is 0 Å². The molecule has 1 aliphatic heterocycles. The molecule has 2 rings (SSSR count). The standard InChI is InChI=1S/C21H36N6O2.HI/c1-16(2)13-18(27-9-11-29-12-10-27)15-25-21(22-4)23-8-7-20(28)26-19-6-5-17(3)14-24-19;/h5-6,14,16,18H,7-13,15H2,1-4H3,(H2,22,23,25)(H,24,26,28);1H. The van der Waals surface area contributed by atoms with Crippen LogP contribution in [0.15, 0.2) is 23.3 Å². The average molecular weight is 532 g/mol. The third-order valence-electron chi connectivity index (χ3n) is 4.86. The van der Waals surface area contributed by atoms with E-state index in [0.717, 1.165) is 44.8 Å². The van der Waals surface area contributed by atoms with Crippen LogP contribution >= 0.6 is 24.0 Å². The molecule has 1 fully saturated rings. The molecule has 1 saturated heterocycles. The van der Waals surface area contributed by atoms with Gasteiger partial charge in [-0.25, -0.2) is 4.98 Å². The highest BCUT2D eigenvalue weighted by Crippen LogP contribution is 2.13. The SMILES string of the molecule is CN=C(NCCC(=O)Nc1ccc(C)cn1)NCC(CC(C)C)N1CCOCC1.I. The van der Waals surface area contributed by atoms with Crippen molar-refractivity contribution < 1.29 is 9.53 Å². The van der Waals surface area contributed by atoms with Gasteiger partial charge in [-0.1, -0.05) is 19.9 Å².